The minimum atomic E-state index is -3.67. The normalized spacial score (nSPS) is 12.9. The first-order valence-corrected chi connectivity index (χ1v) is 7.18. The monoisotopic (exact) mass is 276 g/mol. The van der Waals surface area contributed by atoms with E-state index in [1.807, 2.05) is 0 Å². The van der Waals surface area contributed by atoms with E-state index in [9.17, 15) is 8.42 Å². The Kier molecular flexibility index (Phi) is 3.90. The maximum Gasteiger partial charge on any atom is 0.273 e. The van der Waals surface area contributed by atoms with Crippen LogP contribution in [0.25, 0.3) is 0 Å². The van der Waals surface area contributed by atoms with Crippen LogP contribution in [0.15, 0.2) is 17.0 Å². The Morgan fingerprint density at radius 1 is 1.47 bits per heavy atom. The molecule has 2 N–H and O–H groups in total. The van der Waals surface area contributed by atoms with Gasteiger partial charge in [0.1, 0.15) is 0 Å². The molecule has 0 amide bonds. The lowest BCUT2D eigenvalue weighted by Gasteiger charge is -2.32. The third kappa shape index (κ3) is 3.02. The Bertz CT molecular complexity index is 501. The van der Waals surface area contributed by atoms with E-state index < -0.39 is 15.6 Å². The molecule has 0 bridgehead atoms. The summed E-state index contributed by atoms with van der Waals surface area (Å²) in [6, 6.07) is 0. The van der Waals surface area contributed by atoms with Crippen LogP contribution in [0.3, 0.4) is 0 Å². The minimum absolute atomic E-state index is 0.0909. The molecular weight excluding hydrogens is 260 g/mol. The Labute approximate surface area is 105 Å². The zero-order valence-electron chi connectivity index (χ0n) is 10.0. The molecular formula is C9H16N4O2S2. The number of nitrogens with zero attached hydrogens (tertiary/aromatic N) is 3. The van der Waals surface area contributed by atoms with Crippen molar-refractivity contribution in [2.24, 2.45) is 0 Å². The second-order valence-corrected chi connectivity index (χ2v) is 7.45. The Morgan fingerprint density at radius 2 is 2.06 bits per heavy atom. The van der Waals surface area contributed by atoms with Crippen molar-refractivity contribution in [1.29, 1.82) is 0 Å². The second-order valence-electron chi connectivity index (χ2n) is 4.40. The summed E-state index contributed by atoms with van der Waals surface area (Å²) in [6.45, 7) is 9.19. The molecule has 6 nitrogen and oxygen atoms in total. The van der Waals surface area contributed by atoms with Crippen molar-refractivity contribution in [2.45, 2.75) is 30.6 Å². The summed E-state index contributed by atoms with van der Waals surface area (Å²) in [5, 5.41) is 7.24. The maximum atomic E-state index is 12.3. The number of rotatable bonds is 4. The summed E-state index contributed by atoms with van der Waals surface area (Å²) in [6.07, 6.45) is 1.53. The fraction of sp³-hybridized carbons (Fsp3) is 0.556. The number of hydrogen-bond donors (Lipinski definition) is 1. The van der Waals surface area contributed by atoms with Gasteiger partial charge in [0.15, 0.2) is 0 Å². The number of sulfonamides is 1. The highest BCUT2D eigenvalue weighted by Crippen LogP contribution is 2.26. The molecule has 1 aromatic rings. The number of nitrogens with two attached hydrogens (primary N) is 1. The third-order valence-electron chi connectivity index (χ3n) is 1.98. The Hall–Kier alpha value is -0.990. The molecule has 0 aliphatic carbocycles. The molecule has 0 atom stereocenters. The molecule has 1 heterocycles. The predicted octanol–water partition coefficient (Wildman–Crippen LogP) is 1.10. The molecule has 0 saturated carbocycles. The summed E-state index contributed by atoms with van der Waals surface area (Å²) in [5.74, 6) is 0. The quantitative estimate of drug-likeness (QED) is 0.832. The smallest absolute Gasteiger partial charge is 0.273 e. The minimum Gasteiger partial charge on any atom is -0.374 e. The molecule has 0 aromatic carbocycles. The lowest BCUT2D eigenvalue weighted by atomic mass is 10.1. The van der Waals surface area contributed by atoms with Crippen molar-refractivity contribution in [3.8, 4) is 0 Å². The number of anilines is 1. The van der Waals surface area contributed by atoms with Gasteiger partial charge >= 0.3 is 0 Å². The topological polar surface area (TPSA) is 89.2 Å². The van der Waals surface area contributed by atoms with Crippen molar-refractivity contribution in [2.75, 3.05) is 12.3 Å². The van der Waals surface area contributed by atoms with Gasteiger partial charge in [-0.1, -0.05) is 17.4 Å². The first-order valence-electron chi connectivity index (χ1n) is 4.92. The van der Waals surface area contributed by atoms with Gasteiger partial charge in [0, 0.05) is 12.1 Å². The van der Waals surface area contributed by atoms with Gasteiger partial charge in [0.2, 0.25) is 9.47 Å². The molecule has 0 aliphatic heterocycles. The fourth-order valence-electron chi connectivity index (χ4n) is 1.27. The van der Waals surface area contributed by atoms with E-state index in [0.29, 0.717) is 0 Å². The van der Waals surface area contributed by atoms with Gasteiger partial charge in [-0.3, -0.25) is 0 Å². The highest BCUT2D eigenvalue weighted by Gasteiger charge is 2.35. The van der Waals surface area contributed by atoms with Crippen molar-refractivity contribution >= 4 is 26.5 Å². The van der Waals surface area contributed by atoms with Crippen LogP contribution in [0.5, 0.6) is 0 Å². The number of aromatic nitrogens is 2. The van der Waals surface area contributed by atoms with Gasteiger partial charge in [-0.2, -0.15) is 4.31 Å². The Balaban J connectivity index is 3.22. The summed E-state index contributed by atoms with van der Waals surface area (Å²) in [7, 11) is -3.67. The van der Waals surface area contributed by atoms with Gasteiger partial charge in [-0.25, -0.2) is 8.42 Å². The van der Waals surface area contributed by atoms with Crippen LogP contribution in [0, 0.1) is 0 Å². The van der Waals surface area contributed by atoms with Crippen molar-refractivity contribution < 1.29 is 8.42 Å². The van der Waals surface area contributed by atoms with E-state index >= 15 is 0 Å². The molecule has 0 spiro atoms. The highest BCUT2D eigenvalue weighted by atomic mass is 32.2. The summed E-state index contributed by atoms with van der Waals surface area (Å²) < 4.78 is 25.8. The van der Waals surface area contributed by atoms with Crippen LogP contribution >= 0.6 is 11.3 Å². The molecule has 17 heavy (non-hydrogen) atoms. The Morgan fingerprint density at radius 3 is 2.41 bits per heavy atom. The van der Waals surface area contributed by atoms with Gasteiger partial charge < -0.3 is 5.73 Å². The van der Waals surface area contributed by atoms with Crippen molar-refractivity contribution in [1.82, 2.24) is 14.5 Å². The van der Waals surface area contributed by atoms with Gasteiger partial charge in [0.05, 0.1) is 0 Å². The molecule has 0 fully saturated rings. The molecule has 0 aliphatic rings. The zero-order chi connectivity index (χ0) is 13.3. The maximum absolute atomic E-state index is 12.3. The van der Waals surface area contributed by atoms with E-state index in [0.717, 1.165) is 11.3 Å². The van der Waals surface area contributed by atoms with Crippen LogP contribution in [0.4, 0.5) is 5.13 Å². The average molecular weight is 276 g/mol. The molecule has 1 rings (SSSR count). The second kappa shape index (κ2) is 4.71. The third-order valence-corrected chi connectivity index (χ3v) is 5.20. The average Bonchev–Trinajstić information content (AvgIpc) is 2.59. The fourth-order valence-corrected chi connectivity index (χ4v) is 3.91. The lowest BCUT2D eigenvalue weighted by Crippen LogP contribution is -2.45. The SMILES string of the molecule is C=CCN(C(C)(C)C)S(=O)(=O)c1nnc(N)s1. The van der Waals surface area contributed by atoms with Gasteiger partial charge in [-0.15, -0.1) is 16.8 Å². The van der Waals surface area contributed by atoms with E-state index in [1.54, 1.807) is 20.8 Å². The van der Waals surface area contributed by atoms with E-state index in [1.165, 1.54) is 10.4 Å². The van der Waals surface area contributed by atoms with Crippen LogP contribution in [-0.4, -0.2) is 35.0 Å². The standard InChI is InChI=1S/C9H16N4O2S2/c1-5-6-13(9(2,3)4)17(14,15)8-12-11-7(10)16-8/h5H,1,6H2,2-4H3,(H2,10,11). The molecule has 8 heteroatoms. The van der Waals surface area contributed by atoms with Crippen LogP contribution in [0.1, 0.15) is 20.8 Å². The van der Waals surface area contributed by atoms with Crippen molar-refractivity contribution in [3.05, 3.63) is 12.7 Å². The zero-order valence-corrected chi connectivity index (χ0v) is 11.7. The first kappa shape index (κ1) is 14.1. The van der Waals surface area contributed by atoms with Crippen LogP contribution in [0.2, 0.25) is 0 Å². The number of nitrogen functional groups attached to an aromatic ring is 1. The largest absolute Gasteiger partial charge is 0.374 e. The van der Waals surface area contributed by atoms with E-state index in [-0.39, 0.29) is 16.0 Å². The molecule has 96 valence electrons. The van der Waals surface area contributed by atoms with Crippen LogP contribution in [-0.2, 0) is 10.0 Å². The summed E-state index contributed by atoms with van der Waals surface area (Å²) >= 11 is 0.857. The number of hydrogen-bond acceptors (Lipinski definition) is 6. The lowest BCUT2D eigenvalue weighted by molar-refractivity contribution is 0.269. The van der Waals surface area contributed by atoms with Crippen molar-refractivity contribution in [3.63, 3.8) is 0 Å². The van der Waals surface area contributed by atoms with Crippen LogP contribution < -0.4 is 5.73 Å². The highest BCUT2D eigenvalue weighted by molar-refractivity contribution is 7.91. The van der Waals surface area contributed by atoms with Gasteiger partial charge in [-0.05, 0) is 20.8 Å². The molecule has 0 unspecified atom stereocenters. The first-order chi connectivity index (χ1) is 7.69. The van der Waals surface area contributed by atoms with Gasteiger partial charge in [0.25, 0.3) is 10.0 Å². The molecule has 0 saturated heterocycles. The predicted molar refractivity (Wildman–Crippen MR) is 68.2 cm³/mol. The van der Waals surface area contributed by atoms with E-state index in [4.69, 9.17) is 5.73 Å². The summed E-state index contributed by atoms with van der Waals surface area (Å²) in [5.41, 5.74) is 4.84. The molecule has 1 aromatic heterocycles. The summed E-state index contributed by atoms with van der Waals surface area (Å²) in [4.78, 5) is 0. The van der Waals surface area contributed by atoms with E-state index in [2.05, 4.69) is 16.8 Å². The molecule has 0 radical (unpaired) electrons.